The van der Waals surface area contributed by atoms with Crippen LogP contribution in [0.1, 0.15) is 12.8 Å². The van der Waals surface area contributed by atoms with Gasteiger partial charge in [0.25, 0.3) is 0 Å². The van der Waals surface area contributed by atoms with Crippen LogP contribution in [0.5, 0.6) is 0 Å². The van der Waals surface area contributed by atoms with Crippen LogP contribution < -0.4 is 5.32 Å². The first kappa shape index (κ1) is 13.5. The maximum Gasteiger partial charge on any atom is 0.241 e. The molecule has 2 rings (SSSR count). The van der Waals surface area contributed by atoms with E-state index in [2.05, 4.69) is 5.32 Å². The van der Waals surface area contributed by atoms with Crippen molar-refractivity contribution in [2.75, 3.05) is 11.9 Å². The van der Waals surface area contributed by atoms with Gasteiger partial charge in [0.05, 0.1) is 5.69 Å². The van der Waals surface area contributed by atoms with Crippen molar-refractivity contribution >= 4 is 17.3 Å². The Morgan fingerprint density at radius 1 is 1.28 bits per heavy atom. The number of alkyl halides is 2. The molecule has 0 amide bonds. The summed E-state index contributed by atoms with van der Waals surface area (Å²) in [4.78, 5) is 0. The van der Waals surface area contributed by atoms with Crippen LogP contribution in [-0.4, -0.2) is 13.0 Å². The molecule has 18 heavy (non-hydrogen) atoms. The topological polar surface area (TPSA) is 12.0 Å². The summed E-state index contributed by atoms with van der Waals surface area (Å²) < 4.78 is 50.9. The number of anilines is 1. The van der Waals surface area contributed by atoms with Crippen molar-refractivity contribution in [2.45, 2.75) is 19.3 Å². The highest BCUT2D eigenvalue weighted by Gasteiger charge is 2.35. The lowest BCUT2D eigenvalue weighted by atomic mass is 9.75. The number of hydrogen-bond donors (Lipinski definition) is 1. The molecule has 0 aliphatic heterocycles. The van der Waals surface area contributed by atoms with Crippen LogP contribution >= 0.6 is 11.6 Å². The molecule has 0 radical (unpaired) electrons. The smallest absolute Gasteiger partial charge is 0.241 e. The number of halogens is 5. The van der Waals surface area contributed by atoms with Crippen LogP contribution in [0.3, 0.4) is 0 Å². The van der Waals surface area contributed by atoms with Gasteiger partial charge in [-0.15, -0.1) is 0 Å². The molecule has 0 atom stereocenters. The quantitative estimate of drug-likeness (QED) is 0.640. The zero-order valence-corrected chi connectivity index (χ0v) is 10.2. The molecule has 0 aromatic heterocycles. The molecular weight excluding hydrogens is 270 g/mol. The lowest BCUT2D eigenvalue weighted by Crippen LogP contribution is -2.33. The van der Waals surface area contributed by atoms with Crippen LogP contribution in [0, 0.1) is 23.5 Å². The Labute approximate surface area is 107 Å². The number of hydrogen-bond acceptors (Lipinski definition) is 1. The Morgan fingerprint density at radius 2 is 1.94 bits per heavy atom. The average Bonchev–Trinajstić information content (AvgIpc) is 2.26. The fraction of sp³-hybridized carbons (Fsp3) is 0.500. The van der Waals surface area contributed by atoms with Crippen molar-refractivity contribution in [3.8, 4) is 0 Å². The lowest BCUT2D eigenvalue weighted by molar-refractivity contribution is 0.00636. The van der Waals surface area contributed by atoms with Crippen molar-refractivity contribution in [1.82, 2.24) is 0 Å². The third-order valence-electron chi connectivity index (χ3n) is 3.24. The SMILES string of the molecule is Fc1ccc(NCC2CC(C(F)F)C2)c(F)c1Cl. The molecule has 0 spiro atoms. The summed E-state index contributed by atoms with van der Waals surface area (Å²) in [7, 11) is 0. The summed E-state index contributed by atoms with van der Waals surface area (Å²) in [5, 5.41) is 2.21. The molecule has 1 aliphatic rings. The van der Waals surface area contributed by atoms with Crippen molar-refractivity contribution in [1.29, 1.82) is 0 Å². The predicted octanol–water partition coefficient (Wildman–Crippen LogP) is 4.32. The zero-order valence-electron chi connectivity index (χ0n) is 9.40. The van der Waals surface area contributed by atoms with Gasteiger partial charge in [-0.2, -0.15) is 0 Å². The van der Waals surface area contributed by atoms with Gasteiger partial charge in [-0.3, -0.25) is 0 Å². The van der Waals surface area contributed by atoms with Crippen LogP contribution in [-0.2, 0) is 0 Å². The molecule has 100 valence electrons. The number of rotatable bonds is 4. The van der Waals surface area contributed by atoms with Gasteiger partial charge in [0, 0.05) is 12.5 Å². The van der Waals surface area contributed by atoms with Gasteiger partial charge in [0.2, 0.25) is 6.43 Å². The minimum atomic E-state index is -2.28. The van der Waals surface area contributed by atoms with Gasteiger partial charge in [-0.1, -0.05) is 11.6 Å². The molecule has 0 saturated heterocycles. The fourth-order valence-electron chi connectivity index (χ4n) is 2.08. The Hall–Kier alpha value is -0.970. The molecule has 1 N–H and O–H groups in total. The molecule has 6 heteroatoms. The van der Waals surface area contributed by atoms with E-state index in [-0.39, 0.29) is 11.6 Å². The molecule has 1 saturated carbocycles. The van der Waals surface area contributed by atoms with E-state index >= 15 is 0 Å². The van der Waals surface area contributed by atoms with Gasteiger partial charge >= 0.3 is 0 Å². The minimum Gasteiger partial charge on any atom is -0.382 e. The summed E-state index contributed by atoms with van der Waals surface area (Å²) in [6, 6.07) is 2.32. The number of nitrogens with one attached hydrogen (secondary N) is 1. The van der Waals surface area contributed by atoms with E-state index in [4.69, 9.17) is 11.6 Å². The second kappa shape index (κ2) is 5.34. The monoisotopic (exact) mass is 281 g/mol. The molecule has 1 aromatic carbocycles. The third-order valence-corrected chi connectivity index (χ3v) is 3.59. The Bertz CT molecular complexity index is 432. The Kier molecular flexibility index (Phi) is 4.00. The lowest BCUT2D eigenvalue weighted by Gasteiger charge is -2.35. The molecule has 1 nitrogen and oxygen atoms in total. The van der Waals surface area contributed by atoms with E-state index in [1.165, 1.54) is 6.07 Å². The second-order valence-electron chi connectivity index (χ2n) is 4.54. The Balaban J connectivity index is 1.87. The van der Waals surface area contributed by atoms with Crippen molar-refractivity contribution in [3.05, 3.63) is 28.8 Å². The van der Waals surface area contributed by atoms with E-state index < -0.39 is 29.0 Å². The van der Waals surface area contributed by atoms with Crippen LogP contribution in [0.25, 0.3) is 0 Å². The second-order valence-corrected chi connectivity index (χ2v) is 4.91. The first-order valence-electron chi connectivity index (χ1n) is 5.64. The van der Waals surface area contributed by atoms with E-state index in [0.29, 0.717) is 19.4 Å². The molecule has 1 fully saturated rings. The molecule has 0 bridgehead atoms. The van der Waals surface area contributed by atoms with Gasteiger partial charge in [0.15, 0.2) is 5.82 Å². The highest BCUT2D eigenvalue weighted by atomic mass is 35.5. The Morgan fingerprint density at radius 3 is 2.56 bits per heavy atom. The van der Waals surface area contributed by atoms with Crippen molar-refractivity contribution < 1.29 is 17.6 Å². The van der Waals surface area contributed by atoms with Crippen molar-refractivity contribution in [3.63, 3.8) is 0 Å². The standard InChI is InChI=1S/C12H12ClF4N/c13-10-8(14)1-2-9(11(10)15)18-5-6-3-7(4-6)12(16)17/h1-2,6-7,12,18H,3-5H2. The van der Waals surface area contributed by atoms with E-state index in [0.717, 1.165) is 6.07 Å². The highest BCUT2D eigenvalue weighted by molar-refractivity contribution is 6.31. The fourth-order valence-corrected chi connectivity index (χ4v) is 2.24. The molecular formula is C12H12ClF4N. The molecule has 1 aromatic rings. The van der Waals surface area contributed by atoms with Gasteiger partial charge < -0.3 is 5.32 Å². The molecule has 0 heterocycles. The zero-order chi connectivity index (χ0) is 13.3. The summed E-state index contributed by atoms with van der Waals surface area (Å²) >= 11 is 5.42. The largest absolute Gasteiger partial charge is 0.382 e. The van der Waals surface area contributed by atoms with E-state index in [1.54, 1.807) is 0 Å². The van der Waals surface area contributed by atoms with E-state index in [9.17, 15) is 17.6 Å². The normalized spacial score (nSPS) is 23.0. The van der Waals surface area contributed by atoms with Gasteiger partial charge in [-0.25, -0.2) is 17.6 Å². The third kappa shape index (κ3) is 2.71. The van der Waals surface area contributed by atoms with Gasteiger partial charge in [-0.05, 0) is 30.9 Å². The highest BCUT2D eigenvalue weighted by Crippen LogP contribution is 2.38. The summed E-state index contributed by atoms with van der Waals surface area (Å²) in [5.41, 5.74) is 0.0990. The average molecular weight is 282 g/mol. The summed E-state index contributed by atoms with van der Waals surface area (Å²) in [5.74, 6) is -2.10. The maximum atomic E-state index is 13.5. The maximum absolute atomic E-state index is 13.5. The van der Waals surface area contributed by atoms with Crippen LogP contribution in [0.15, 0.2) is 12.1 Å². The predicted molar refractivity (Wildman–Crippen MR) is 62.1 cm³/mol. The summed E-state index contributed by atoms with van der Waals surface area (Å²) in [6.45, 7) is 0.391. The first-order valence-corrected chi connectivity index (χ1v) is 6.02. The van der Waals surface area contributed by atoms with E-state index in [1.807, 2.05) is 0 Å². The first-order chi connectivity index (χ1) is 8.49. The number of benzene rings is 1. The van der Waals surface area contributed by atoms with Gasteiger partial charge in [0.1, 0.15) is 10.8 Å². The van der Waals surface area contributed by atoms with Crippen LogP contribution in [0.4, 0.5) is 23.2 Å². The molecule has 0 unspecified atom stereocenters. The molecule has 1 aliphatic carbocycles. The van der Waals surface area contributed by atoms with Crippen LogP contribution in [0.2, 0.25) is 5.02 Å². The summed E-state index contributed by atoms with van der Waals surface area (Å²) in [6.07, 6.45) is -1.42. The minimum absolute atomic E-state index is 0.0990. The van der Waals surface area contributed by atoms with Crippen molar-refractivity contribution in [2.24, 2.45) is 11.8 Å².